The number of esters is 1. The van der Waals surface area contributed by atoms with Gasteiger partial charge in [0, 0.05) is 49.2 Å². The number of amides is 1. The molecule has 1 saturated heterocycles. The minimum atomic E-state index is -0.556. The molecule has 4 rings (SSSR count). The van der Waals surface area contributed by atoms with Crippen LogP contribution in [0.2, 0.25) is 5.02 Å². The van der Waals surface area contributed by atoms with Crippen molar-refractivity contribution in [3.63, 3.8) is 0 Å². The highest BCUT2D eigenvalue weighted by Gasteiger charge is 2.34. The van der Waals surface area contributed by atoms with Crippen LogP contribution in [0.1, 0.15) is 22.0 Å². The maximum atomic E-state index is 12.9. The van der Waals surface area contributed by atoms with E-state index in [1.54, 1.807) is 17.4 Å². The lowest BCUT2D eigenvalue weighted by molar-refractivity contribution is -0.148. The zero-order valence-corrected chi connectivity index (χ0v) is 18.6. The third kappa shape index (κ3) is 4.54. The summed E-state index contributed by atoms with van der Waals surface area (Å²) in [5.74, 6) is -0.177. The lowest BCUT2D eigenvalue weighted by Crippen LogP contribution is -2.53. The van der Waals surface area contributed by atoms with Crippen molar-refractivity contribution in [2.75, 3.05) is 46.4 Å². The van der Waals surface area contributed by atoms with Gasteiger partial charge in [-0.2, -0.15) is 0 Å². The van der Waals surface area contributed by atoms with Crippen LogP contribution in [0, 0.1) is 0 Å². The zero-order valence-electron chi connectivity index (χ0n) is 17.1. The Labute approximate surface area is 186 Å². The van der Waals surface area contributed by atoms with Gasteiger partial charge in [0.25, 0.3) is 0 Å². The molecule has 2 aromatic rings. The fraction of sp³-hybridized carbons (Fsp3) is 0.455. The highest BCUT2D eigenvalue weighted by Crippen LogP contribution is 2.29. The van der Waals surface area contributed by atoms with Gasteiger partial charge in [-0.15, -0.1) is 11.3 Å². The van der Waals surface area contributed by atoms with Crippen LogP contribution >= 0.6 is 22.9 Å². The van der Waals surface area contributed by atoms with Crippen molar-refractivity contribution in [3.05, 3.63) is 56.7 Å². The average molecular weight is 448 g/mol. The molecular formula is C22H26ClN3O3S. The van der Waals surface area contributed by atoms with E-state index in [-0.39, 0.29) is 11.9 Å². The Bertz CT molecular complexity index is 911. The first-order chi connectivity index (χ1) is 14.6. The van der Waals surface area contributed by atoms with Crippen molar-refractivity contribution in [2.45, 2.75) is 19.0 Å². The van der Waals surface area contributed by atoms with Gasteiger partial charge >= 0.3 is 5.97 Å². The highest BCUT2D eigenvalue weighted by atomic mass is 35.5. The molecule has 1 unspecified atom stereocenters. The molecule has 1 aromatic carbocycles. The number of piperazine rings is 1. The van der Waals surface area contributed by atoms with E-state index in [9.17, 15) is 9.59 Å². The second-order valence-electron chi connectivity index (χ2n) is 7.69. The summed E-state index contributed by atoms with van der Waals surface area (Å²) in [6.07, 6.45) is 1.02. The van der Waals surface area contributed by atoms with E-state index < -0.39 is 6.04 Å². The third-order valence-electron chi connectivity index (χ3n) is 5.90. The van der Waals surface area contributed by atoms with Crippen LogP contribution in [0.4, 0.5) is 0 Å². The van der Waals surface area contributed by atoms with E-state index >= 15 is 0 Å². The first kappa shape index (κ1) is 21.3. The Morgan fingerprint density at radius 1 is 1.13 bits per heavy atom. The summed E-state index contributed by atoms with van der Waals surface area (Å²) in [6, 6.07) is 8.96. The number of benzene rings is 1. The Morgan fingerprint density at radius 3 is 2.63 bits per heavy atom. The Morgan fingerprint density at radius 2 is 1.90 bits per heavy atom. The smallest absolute Gasteiger partial charge is 0.327 e. The summed E-state index contributed by atoms with van der Waals surface area (Å²) in [7, 11) is 1.39. The molecule has 160 valence electrons. The normalized spacial score (nSPS) is 18.7. The van der Waals surface area contributed by atoms with Crippen LogP contribution in [0.15, 0.2) is 35.7 Å². The number of hydrogen-bond acceptors (Lipinski definition) is 6. The Hall–Kier alpha value is -1.93. The van der Waals surface area contributed by atoms with Gasteiger partial charge in [0.15, 0.2) is 0 Å². The number of carbonyl (C=O) groups is 2. The second kappa shape index (κ2) is 9.47. The average Bonchev–Trinajstić information content (AvgIpc) is 3.23. The monoisotopic (exact) mass is 447 g/mol. The van der Waals surface area contributed by atoms with Crippen molar-refractivity contribution >= 4 is 34.8 Å². The van der Waals surface area contributed by atoms with E-state index in [0.29, 0.717) is 37.7 Å². The molecule has 6 nitrogen and oxygen atoms in total. The van der Waals surface area contributed by atoms with Crippen molar-refractivity contribution in [1.29, 1.82) is 0 Å². The van der Waals surface area contributed by atoms with Gasteiger partial charge in [-0.1, -0.05) is 29.8 Å². The van der Waals surface area contributed by atoms with E-state index in [1.165, 1.54) is 17.6 Å². The topological polar surface area (TPSA) is 53.1 Å². The number of carbonyl (C=O) groups excluding carboxylic acids is 2. The summed E-state index contributed by atoms with van der Waals surface area (Å²) in [6.45, 7) is 4.61. The number of thiophene rings is 1. The van der Waals surface area contributed by atoms with Gasteiger partial charge in [0.05, 0.1) is 13.7 Å². The SMILES string of the molecule is COC(=O)C(c1ccccc1Cl)N1CCN(C(=O)CN2CCc3sccc3C2)CC1. The van der Waals surface area contributed by atoms with E-state index in [4.69, 9.17) is 16.3 Å². The number of nitrogens with zero attached hydrogens (tertiary/aromatic N) is 3. The van der Waals surface area contributed by atoms with Crippen LogP contribution < -0.4 is 0 Å². The number of methoxy groups -OCH3 is 1. The molecular weight excluding hydrogens is 422 g/mol. The molecule has 1 fully saturated rings. The first-order valence-corrected chi connectivity index (χ1v) is 11.4. The third-order valence-corrected chi connectivity index (χ3v) is 7.27. The number of halogens is 1. The molecule has 8 heteroatoms. The van der Waals surface area contributed by atoms with Crippen LogP contribution in [0.5, 0.6) is 0 Å². The van der Waals surface area contributed by atoms with Crippen LogP contribution in [0.25, 0.3) is 0 Å². The first-order valence-electron chi connectivity index (χ1n) is 10.2. The van der Waals surface area contributed by atoms with Gasteiger partial charge < -0.3 is 9.64 Å². The van der Waals surface area contributed by atoms with E-state index in [1.807, 2.05) is 23.1 Å². The summed E-state index contributed by atoms with van der Waals surface area (Å²) in [5.41, 5.74) is 2.09. The zero-order chi connectivity index (χ0) is 21.1. The van der Waals surface area contributed by atoms with Gasteiger partial charge in [0.1, 0.15) is 6.04 Å². The number of rotatable bonds is 5. The van der Waals surface area contributed by atoms with Crippen molar-refractivity contribution < 1.29 is 14.3 Å². The fourth-order valence-electron chi connectivity index (χ4n) is 4.24. The summed E-state index contributed by atoms with van der Waals surface area (Å²) >= 11 is 8.16. The van der Waals surface area contributed by atoms with E-state index in [0.717, 1.165) is 25.1 Å². The molecule has 3 heterocycles. The van der Waals surface area contributed by atoms with Gasteiger partial charge in [-0.3, -0.25) is 14.6 Å². The quantitative estimate of drug-likeness (QED) is 0.660. The highest BCUT2D eigenvalue weighted by molar-refractivity contribution is 7.10. The lowest BCUT2D eigenvalue weighted by Gasteiger charge is -2.39. The Kier molecular flexibility index (Phi) is 6.73. The van der Waals surface area contributed by atoms with Crippen LogP contribution in [0.3, 0.4) is 0 Å². The molecule has 1 amide bonds. The molecule has 0 saturated carbocycles. The summed E-state index contributed by atoms with van der Waals surface area (Å²) < 4.78 is 5.05. The Balaban J connectivity index is 1.36. The van der Waals surface area contributed by atoms with Crippen molar-refractivity contribution in [2.24, 2.45) is 0 Å². The largest absolute Gasteiger partial charge is 0.468 e. The standard InChI is InChI=1S/C22H26ClN3O3S/c1-29-22(28)21(17-4-2-3-5-18(17)23)26-11-9-25(10-12-26)20(27)15-24-8-6-19-16(14-24)7-13-30-19/h2-5,7,13,21H,6,8-12,14-15H2,1H3. The molecule has 0 N–H and O–H groups in total. The minimum absolute atomic E-state index is 0.153. The molecule has 1 atom stereocenters. The van der Waals surface area contributed by atoms with E-state index in [2.05, 4.69) is 21.2 Å². The van der Waals surface area contributed by atoms with Crippen LogP contribution in [-0.4, -0.2) is 73.0 Å². The molecule has 2 aliphatic heterocycles. The van der Waals surface area contributed by atoms with Gasteiger partial charge in [0.2, 0.25) is 5.91 Å². The predicted molar refractivity (Wildman–Crippen MR) is 118 cm³/mol. The molecule has 1 aromatic heterocycles. The molecule has 0 bridgehead atoms. The molecule has 2 aliphatic rings. The number of hydrogen-bond donors (Lipinski definition) is 0. The van der Waals surface area contributed by atoms with Crippen LogP contribution in [-0.2, 0) is 27.3 Å². The molecule has 30 heavy (non-hydrogen) atoms. The summed E-state index contributed by atoms with van der Waals surface area (Å²) in [5, 5.41) is 2.68. The fourth-order valence-corrected chi connectivity index (χ4v) is 5.37. The van der Waals surface area contributed by atoms with Gasteiger partial charge in [-0.25, -0.2) is 4.79 Å². The molecule has 0 radical (unpaired) electrons. The van der Waals surface area contributed by atoms with Crippen molar-refractivity contribution in [1.82, 2.24) is 14.7 Å². The predicted octanol–water partition coefficient (Wildman–Crippen LogP) is 2.82. The minimum Gasteiger partial charge on any atom is -0.468 e. The second-order valence-corrected chi connectivity index (χ2v) is 9.10. The maximum Gasteiger partial charge on any atom is 0.327 e. The number of fused-ring (bicyclic) bond motifs is 1. The number of ether oxygens (including phenoxy) is 1. The van der Waals surface area contributed by atoms with Gasteiger partial charge in [-0.05, 0) is 35.1 Å². The van der Waals surface area contributed by atoms with Crippen molar-refractivity contribution in [3.8, 4) is 0 Å². The maximum absolute atomic E-state index is 12.9. The molecule has 0 spiro atoms. The lowest BCUT2D eigenvalue weighted by atomic mass is 10.0. The molecule has 0 aliphatic carbocycles. The summed E-state index contributed by atoms with van der Waals surface area (Å²) in [4.78, 5) is 33.0.